The van der Waals surface area contributed by atoms with Gasteiger partial charge in [-0.1, -0.05) is 6.08 Å². The van der Waals surface area contributed by atoms with Crippen LogP contribution in [-0.2, 0) is 4.74 Å². The van der Waals surface area contributed by atoms with Crippen LogP contribution in [-0.4, -0.2) is 61.7 Å². The second-order valence-electron chi connectivity index (χ2n) is 6.21. The molecule has 0 aliphatic heterocycles. The van der Waals surface area contributed by atoms with E-state index in [9.17, 15) is 4.79 Å². The van der Waals surface area contributed by atoms with Crippen LogP contribution in [0.4, 0.5) is 0 Å². The molecule has 0 amide bonds. The number of allylic oxidation sites excluding steroid dienone is 1. The molecule has 0 fully saturated rings. The summed E-state index contributed by atoms with van der Waals surface area (Å²) >= 11 is 0. The molecule has 0 aliphatic rings. The zero-order chi connectivity index (χ0) is 22.8. The third-order valence-electron chi connectivity index (χ3n) is 4.39. The molecule has 8 heteroatoms. The van der Waals surface area contributed by atoms with Gasteiger partial charge in [-0.15, -0.1) is 0 Å². The van der Waals surface area contributed by atoms with Crippen molar-refractivity contribution in [2.45, 2.75) is 0 Å². The molecule has 0 aliphatic carbocycles. The van der Waals surface area contributed by atoms with Gasteiger partial charge in [-0.05, 0) is 35.9 Å². The molecule has 0 saturated carbocycles. The first-order valence-corrected chi connectivity index (χ1v) is 9.43. The maximum absolute atomic E-state index is 12.8. The van der Waals surface area contributed by atoms with E-state index in [1.165, 1.54) is 41.6 Å². The molecular weight excluding hydrogens is 404 g/mol. The van der Waals surface area contributed by atoms with Crippen molar-refractivity contribution in [3.05, 3.63) is 41.5 Å². The zero-order valence-corrected chi connectivity index (χ0v) is 18.6. The molecule has 168 valence electrons. The lowest BCUT2D eigenvalue weighted by Gasteiger charge is -2.15. The van der Waals surface area contributed by atoms with Crippen molar-refractivity contribution in [2.24, 2.45) is 0 Å². The second-order valence-corrected chi connectivity index (χ2v) is 6.21. The van der Waals surface area contributed by atoms with Crippen LogP contribution in [0.1, 0.15) is 15.9 Å². The van der Waals surface area contributed by atoms with E-state index < -0.39 is 0 Å². The standard InChI is InChI=1S/C23H28O8/c1-25-9-10-31-23-20(28-4)13-16(14-21(23)29-5)17(24)8-7-15-11-18(26-2)22(30-6)19(12-15)27-3/h7-8,11-14H,9-10H2,1-6H3/b8-7+. The first-order valence-electron chi connectivity index (χ1n) is 9.43. The number of hydrogen-bond donors (Lipinski definition) is 0. The van der Waals surface area contributed by atoms with Gasteiger partial charge in [0.15, 0.2) is 28.8 Å². The van der Waals surface area contributed by atoms with Gasteiger partial charge < -0.3 is 33.2 Å². The summed E-state index contributed by atoms with van der Waals surface area (Å²) in [4.78, 5) is 12.8. The van der Waals surface area contributed by atoms with E-state index in [2.05, 4.69) is 0 Å². The van der Waals surface area contributed by atoms with Gasteiger partial charge in [0.25, 0.3) is 0 Å². The van der Waals surface area contributed by atoms with Crippen molar-refractivity contribution >= 4 is 11.9 Å². The molecule has 0 aromatic heterocycles. The minimum Gasteiger partial charge on any atom is -0.493 e. The largest absolute Gasteiger partial charge is 0.493 e. The summed E-state index contributed by atoms with van der Waals surface area (Å²) in [6.07, 6.45) is 3.11. The summed E-state index contributed by atoms with van der Waals surface area (Å²) in [7, 11) is 9.17. The molecule has 0 saturated heterocycles. The monoisotopic (exact) mass is 432 g/mol. The molecule has 2 rings (SSSR count). The normalized spacial score (nSPS) is 10.6. The van der Waals surface area contributed by atoms with Gasteiger partial charge in [0.2, 0.25) is 11.5 Å². The van der Waals surface area contributed by atoms with Crippen LogP contribution in [0.25, 0.3) is 6.08 Å². The molecule has 0 bridgehead atoms. The Kier molecular flexibility index (Phi) is 9.02. The van der Waals surface area contributed by atoms with E-state index in [4.69, 9.17) is 33.2 Å². The summed E-state index contributed by atoms with van der Waals surface area (Å²) in [5, 5.41) is 0. The van der Waals surface area contributed by atoms with Crippen LogP contribution in [0.3, 0.4) is 0 Å². The number of hydrogen-bond acceptors (Lipinski definition) is 8. The highest BCUT2D eigenvalue weighted by Crippen LogP contribution is 2.40. The SMILES string of the molecule is COCCOc1c(OC)cc(C(=O)/C=C/c2cc(OC)c(OC)c(OC)c2)cc1OC. The highest BCUT2D eigenvalue weighted by molar-refractivity contribution is 6.07. The molecule has 2 aromatic rings. The second kappa shape index (κ2) is 11.7. The lowest BCUT2D eigenvalue weighted by atomic mass is 10.1. The Labute approximate surface area is 182 Å². The number of carbonyl (C=O) groups is 1. The topological polar surface area (TPSA) is 81.7 Å². The number of methoxy groups -OCH3 is 6. The number of ether oxygens (including phenoxy) is 7. The van der Waals surface area contributed by atoms with Crippen molar-refractivity contribution in [1.29, 1.82) is 0 Å². The third kappa shape index (κ3) is 5.82. The first kappa shape index (κ1) is 23.9. The molecule has 0 spiro atoms. The highest BCUT2D eigenvalue weighted by atomic mass is 16.6. The van der Waals surface area contributed by atoms with Crippen molar-refractivity contribution in [3.8, 4) is 34.5 Å². The van der Waals surface area contributed by atoms with E-state index in [1.807, 2.05) is 0 Å². The quantitative estimate of drug-likeness (QED) is 0.286. The number of ketones is 1. The van der Waals surface area contributed by atoms with Gasteiger partial charge in [-0.2, -0.15) is 0 Å². The fraction of sp³-hybridized carbons (Fsp3) is 0.348. The van der Waals surface area contributed by atoms with Crippen molar-refractivity contribution in [3.63, 3.8) is 0 Å². The fourth-order valence-corrected chi connectivity index (χ4v) is 2.86. The molecule has 2 aromatic carbocycles. The molecule has 0 radical (unpaired) electrons. The van der Waals surface area contributed by atoms with Gasteiger partial charge in [0, 0.05) is 12.7 Å². The number of benzene rings is 2. The van der Waals surface area contributed by atoms with Crippen molar-refractivity contribution < 1.29 is 38.0 Å². The third-order valence-corrected chi connectivity index (χ3v) is 4.39. The zero-order valence-electron chi connectivity index (χ0n) is 18.6. The molecule has 0 heterocycles. The molecular formula is C23H28O8. The Balaban J connectivity index is 2.34. The van der Waals surface area contributed by atoms with E-state index in [0.717, 1.165) is 0 Å². The molecule has 8 nitrogen and oxygen atoms in total. The van der Waals surface area contributed by atoms with E-state index >= 15 is 0 Å². The highest BCUT2D eigenvalue weighted by Gasteiger charge is 2.17. The predicted octanol–water partition coefficient (Wildman–Crippen LogP) is 3.65. The molecule has 0 atom stereocenters. The lowest BCUT2D eigenvalue weighted by Crippen LogP contribution is -2.07. The summed E-state index contributed by atoms with van der Waals surface area (Å²) in [5.74, 6) is 2.41. The molecule has 31 heavy (non-hydrogen) atoms. The Hall–Kier alpha value is -3.39. The molecule has 0 unspecified atom stereocenters. The van der Waals surface area contributed by atoms with Crippen LogP contribution in [0.5, 0.6) is 34.5 Å². The number of carbonyl (C=O) groups excluding carboxylic acids is 1. The Morgan fingerprint density at radius 3 is 1.68 bits per heavy atom. The van der Waals surface area contributed by atoms with Gasteiger partial charge in [0.1, 0.15) is 6.61 Å². The van der Waals surface area contributed by atoms with Crippen LogP contribution < -0.4 is 28.4 Å². The van der Waals surface area contributed by atoms with Gasteiger partial charge in [-0.3, -0.25) is 4.79 Å². The average molecular weight is 432 g/mol. The Bertz CT molecular complexity index is 870. The van der Waals surface area contributed by atoms with Gasteiger partial charge in [0.05, 0.1) is 42.2 Å². The van der Waals surface area contributed by atoms with Gasteiger partial charge in [-0.25, -0.2) is 0 Å². The van der Waals surface area contributed by atoms with Crippen molar-refractivity contribution in [1.82, 2.24) is 0 Å². The Morgan fingerprint density at radius 2 is 1.23 bits per heavy atom. The maximum Gasteiger partial charge on any atom is 0.203 e. The summed E-state index contributed by atoms with van der Waals surface area (Å²) in [5.41, 5.74) is 1.10. The average Bonchev–Trinajstić information content (AvgIpc) is 2.81. The Morgan fingerprint density at radius 1 is 0.710 bits per heavy atom. The van der Waals surface area contributed by atoms with Crippen LogP contribution in [0.15, 0.2) is 30.3 Å². The minimum absolute atomic E-state index is 0.242. The summed E-state index contributed by atoms with van der Waals surface area (Å²) < 4.78 is 37.5. The smallest absolute Gasteiger partial charge is 0.203 e. The minimum atomic E-state index is -0.242. The predicted molar refractivity (Wildman–Crippen MR) is 116 cm³/mol. The molecule has 0 N–H and O–H groups in total. The fourth-order valence-electron chi connectivity index (χ4n) is 2.86. The first-order chi connectivity index (χ1) is 15.0. The van der Waals surface area contributed by atoms with E-state index in [-0.39, 0.29) is 5.78 Å². The summed E-state index contributed by atoms with van der Waals surface area (Å²) in [6.45, 7) is 0.724. The number of rotatable bonds is 12. The lowest BCUT2D eigenvalue weighted by molar-refractivity contribution is 0.104. The maximum atomic E-state index is 12.8. The van der Waals surface area contributed by atoms with E-state index in [0.29, 0.717) is 58.8 Å². The van der Waals surface area contributed by atoms with E-state index in [1.54, 1.807) is 37.5 Å². The van der Waals surface area contributed by atoms with Gasteiger partial charge >= 0.3 is 0 Å². The van der Waals surface area contributed by atoms with Crippen LogP contribution in [0.2, 0.25) is 0 Å². The summed E-state index contributed by atoms with van der Waals surface area (Å²) in [6, 6.07) is 6.71. The van der Waals surface area contributed by atoms with Crippen LogP contribution >= 0.6 is 0 Å². The van der Waals surface area contributed by atoms with Crippen LogP contribution in [0, 0.1) is 0 Å². The van der Waals surface area contributed by atoms with Crippen molar-refractivity contribution in [2.75, 3.05) is 55.9 Å².